The van der Waals surface area contributed by atoms with Crippen molar-refractivity contribution in [2.24, 2.45) is 5.92 Å². The van der Waals surface area contributed by atoms with Gasteiger partial charge in [0, 0.05) is 50.0 Å². The molecule has 3 amide bonds. The van der Waals surface area contributed by atoms with E-state index in [1.54, 1.807) is 24.3 Å². The van der Waals surface area contributed by atoms with Gasteiger partial charge in [0.1, 0.15) is 6.10 Å². The summed E-state index contributed by atoms with van der Waals surface area (Å²) in [6.07, 6.45) is 6.08. The monoisotopic (exact) mass is 413 g/mol. The van der Waals surface area contributed by atoms with Crippen LogP contribution in [0.2, 0.25) is 0 Å². The number of anilines is 1. The van der Waals surface area contributed by atoms with Gasteiger partial charge in [-0.2, -0.15) is 0 Å². The molecule has 3 heterocycles. The summed E-state index contributed by atoms with van der Waals surface area (Å²) in [5.74, 6) is 0.0889. The van der Waals surface area contributed by atoms with Gasteiger partial charge in [-0.05, 0) is 63.1 Å². The van der Waals surface area contributed by atoms with Gasteiger partial charge in [0.25, 0.3) is 11.8 Å². The molecule has 162 valence electrons. The Kier molecular flexibility index (Phi) is 6.67. The van der Waals surface area contributed by atoms with Gasteiger partial charge in [0.2, 0.25) is 5.91 Å². The number of ether oxygens (including phenoxy) is 1. The Morgan fingerprint density at radius 1 is 0.900 bits per heavy atom. The molecule has 30 heavy (non-hydrogen) atoms. The van der Waals surface area contributed by atoms with Crippen molar-refractivity contribution in [2.45, 2.75) is 51.0 Å². The van der Waals surface area contributed by atoms with Crippen LogP contribution in [-0.4, -0.2) is 66.4 Å². The fourth-order valence-corrected chi connectivity index (χ4v) is 4.62. The quantitative estimate of drug-likeness (QED) is 0.823. The predicted molar refractivity (Wildman–Crippen MR) is 113 cm³/mol. The molecule has 0 aliphatic carbocycles. The first-order valence-corrected chi connectivity index (χ1v) is 11.2. The van der Waals surface area contributed by atoms with E-state index >= 15 is 0 Å². The summed E-state index contributed by atoms with van der Waals surface area (Å²) in [6.45, 7) is 3.56. The van der Waals surface area contributed by atoms with Crippen molar-refractivity contribution in [3.8, 4) is 0 Å². The minimum absolute atomic E-state index is 0.0317. The van der Waals surface area contributed by atoms with E-state index in [-0.39, 0.29) is 23.6 Å². The van der Waals surface area contributed by atoms with Crippen LogP contribution < -0.4 is 5.32 Å². The second-order valence-corrected chi connectivity index (χ2v) is 8.52. The summed E-state index contributed by atoms with van der Waals surface area (Å²) in [5.41, 5.74) is 1.16. The predicted octanol–water partition coefficient (Wildman–Crippen LogP) is 2.67. The second kappa shape index (κ2) is 9.60. The van der Waals surface area contributed by atoms with Crippen LogP contribution in [0.4, 0.5) is 5.69 Å². The number of hydrogen-bond acceptors (Lipinski definition) is 4. The van der Waals surface area contributed by atoms with Crippen LogP contribution in [0.3, 0.4) is 0 Å². The van der Waals surface area contributed by atoms with E-state index in [9.17, 15) is 14.4 Å². The minimum atomic E-state index is -0.402. The Bertz CT molecular complexity index is 776. The van der Waals surface area contributed by atoms with Crippen LogP contribution in [-0.2, 0) is 14.3 Å². The first-order valence-electron chi connectivity index (χ1n) is 11.2. The van der Waals surface area contributed by atoms with Crippen molar-refractivity contribution in [1.29, 1.82) is 0 Å². The topological polar surface area (TPSA) is 79.0 Å². The maximum Gasteiger partial charge on any atom is 0.253 e. The number of benzene rings is 1. The van der Waals surface area contributed by atoms with E-state index in [1.807, 2.05) is 9.80 Å². The van der Waals surface area contributed by atoms with Gasteiger partial charge in [-0.15, -0.1) is 0 Å². The van der Waals surface area contributed by atoms with Crippen LogP contribution in [0, 0.1) is 5.92 Å². The molecular weight excluding hydrogens is 382 g/mol. The first-order chi connectivity index (χ1) is 14.6. The molecule has 4 rings (SSSR count). The highest BCUT2D eigenvalue weighted by Crippen LogP contribution is 2.24. The Labute approximate surface area is 177 Å². The van der Waals surface area contributed by atoms with Gasteiger partial charge in [-0.1, -0.05) is 6.07 Å². The number of rotatable bonds is 4. The lowest BCUT2D eigenvalue weighted by Gasteiger charge is -2.35. The van der Waals surface area contributed by atoms with Gasteiger partial charge >= 0.3 is 0 Å². The summed E-state index contributed by atoms with van der Waals surface area (Å²) in [5, 5.41) is 2.86. The fourth-order valence-electron chi connectivity index (χ4n) is 4.62. The molecule has 0 spiro atoms. The molecule has 7 heteroatoms. The molecule has 1 aromatic rings. The average Bonchev–Trinajstić information content (AvgIpc) is 3.34. The molecule has 1 N–H and O–H groups in total. The lowest BCUT2D eigenvalue weighted by atomic mass is 9.94. The van der Waals surface area contributed by atoms with Crippen molar-refractivity contribution in [3.05, 3.63) is 29.8 Å². The Hall–Kier alpha value is -2.41. The number of carbonyl (C=O) groups is 3. The lowest BCUT2D eigenvalue weighted by molar-refractivity contribution is -0.137. The Balaban J connectivity index is 1.31. The molecule has 1 unspecified atom stereocenters. The van der Waals surface area contributed by atoms with Crippen molar-refractivity contribution in [2.75, 3.05) is 38.1 Å². The van der Waals surface area contributed by atoms with Crippen molar-refractivity contribution in [1.82, 2.24) is 9.80 Å². The third kappa shape index (κ3) is 4.83. The zero-order valence-electron chi connectivity index (χ0n) is 17.5. The van der Waals surface area contributed by atoms with E-state index in [1.165, 1.54) is 6.42 Å². The second-order valence-electron chi connectivity index (χ2n) is 8.52. The molecule has 3 saturated heterocycles. The van der Waals surface area contributed by atoms with Gasteiger partial charge in [0.05, 0.1) is 0 Å². The number of nitrogens with one attached hydrogen (secondary N) is 1. The first kappa shape index (κ1) is 20.8. The van der Waals surface area contributed by atoms with Crippen LogP contribution >= 0.6 is 0 Å². The summed E-state index contributed by atoms with van der Waals surface area (Å²) >= 11 is 0. The Morgan fingerprint density at radius 2 is 1.67 bits per heavy atom. The zero-order chi connectivity index (χ0) is 20.9. The summed E-state index contributed by atoms with van der Waals surface area (Å²) < 4.78 is 5.41. The number of nitrogens with zero attached hydrogens (tertiary/aromatic N) is 2. The molecule has 0 bridgehead atoms. The maximum absolute atomic E-state index is 13.0. The molecule has 3 fully saturated rings. The van der Waals surface area contributed by atoms with Crippen LogP contribution in [0.5, 0.6) is 0 Å². The summed E-state index contributed by atoms with van der Waals surface area (Å²) in [4.78, 5) is 41.8. The number of hydrogen-bond donors (Lipinski definition) is 1. The van der Waals surface area contributed by atoms with E-state index in [4.69, 9.17) is 4.74 Å². The standard InChI is InChI=1S/C23H31N3O4/c27-21(20-8-5-15-30-20)24-19-7-4-6-18(16-19)23(29)26-13-9-17(10-14-26)22(28)25-11-2-1-3-12-25/h4,6-7,16-17,20H,1-3,5,8-15H2,(H,24,27). The van der Waals surface area contributed by atoms with Crippen LogP contribution in [0.25, 0.3) is 0 Å². The van der Waals surface area contributed by atoms with E-state index in [0.717, 1.165) is 51.6 Å². The summed E-state index contributed by atoms with van der Waals surface area (Å²) in [6, 6.07) is 7.06. The van der Waals surface area contributed by atoms with Crippen molar-refractivity contribution >= 4 is 23.4 Å². The lowest BCUT2D eigenvalue weighted by Crippen LogP contribution is -2.45. The fraction of sp³-hybridized carbons (Fsp3) is 0.609. The normalized spacial score (nSPS) is 22.7. The highest BCUT2D eigenvalue weighted by Gasteiger charge is 2.31. The maximum atomic E-state index is 13.0. The van der Waals surface area contributed by atoms with E-state index in [2.05, 4.69) is 5.32 Å². The van der Waals surface area contributed by atoms with Crippen LogP contribution in [0.15, 0.2) is 24.3 Å². The number of carbonyl (C=O) groups excluding carboxylic acids is 3. The van der Waals surface area contributed by atoms with Crippen molar-refractivity contribution < 1.29 is 19.1 Å². The summed E-state index contributed by atoms with van der Waals surface area (Å²) in [7, 11) is 0. The largest absolute Gasteiger partial charge is 0.368 e. The van der Waals surface area contributed by atoms with Gasteiger partial charge < -0.3 is 19.9 Å². The molecule has 0 radical (unpaired) electrons. The molecule has 1 aromatic carbocycles. The Morgan fingerprint density at radius 3 is 2.37 bits per heavy atom. The minimum Gasteiger partial charge on any atom is -0.368 e. The van der Waals surface area contributed by atoms with Gasteiger partial charge in [-0.25, -0.2) is 0 Å². The number of likely N-dealkylation sites (tertiary alicyclic amines) is 2. The molecule has 3 aliphatic rings. The molecule has 3 aliphatic heterocycles. The van der Waals surface area contributed by atoms with E-state index in [0.29, 0.717) is 30.9 Å². The molecule has 7 nitrogen and oxygen atoms in total. The van der Waals surface area contributed by atoms with Gasteiger partial charge in [-0.3, -0.25) is 14.4 Å². The highest BCUT2D eigenvalue weighted by molar-refractivity contribution is 5.98. The SMILES string of the molecule is O=C(Nc1cccc(C(=O)N2CCC(C(=O)N3CCCCC3)CC2)c1)C1CCCO1. The van der Waals surface area contributed by atoms with E-state index < -0.39 is 6.10 Å². The smallest absolute Gasteiger partial charge is 0.253 e. The van der Waals surface area contributed by atoms with Crippen LogP contribution in [0.1, 0.15) is 55.3 Å². The molecule has 0 saturated carbocycles. The van der Waals surface area contributed by atoms with Gasteiger partial charge in [0.15, 0.2) is 0 Å². The molecule has 0 aromatic heterocycles. The molecule has 1 atom stereocenters. The molecular formula is C23H31N3O4. The average molecular weight is 414 g/mol. The number of piperidine rings is 2. The highest BCUT2D eigenvalue weighted by atomic mass is 16.5. The third-order valence-corrected chi connectivity index (χ3v) is 6.40. The zero-order valence-corrected chi connectivity index (χ0v) is 17.5. The van der Waals surface area contributed by atoms with Crippen molar-refractivity contribution in [3.63, 3.8) is 0 Å². The number of amides is 3. The third-order valence-electron chi connectivity index (χ3n) is 6.40.